The Morgan fingerprint density at radius 3 is 2.19 bits per heavy atom. The first-order valence-corrected chi connectivity index (χ1v) is 6.52. The highest BCUT2D eigenvalue weighted by Crippen LogP contribution is 2.56. The van der Waals surface area contributed by atoms with Gasteiger partial charge in [0.25, 0.3) is 0 Å². The van der Waals surface area contributed by atoms with Gasteiger partial charge in [0.05, 0.1) is 6.54 Å². The Morgan fingerprint density at radius 1 is 1.19 bits per heavy atom. The lowest BCUT2D eigenvalue weighted by Crippen LogP contribution is -2.66. The van der Waals surface area contributed by atoms with Crippen LogP contribution in [0.25, 0.3) is 0 Å². The summed E-state index contributed by atoms with van der Waals surface area (Å²) < 4.78 is 0. The number of carbonyl (C=O) groups is 1. The molecule has 0 unspecified atom stereocenters. The molecular formula is C13H22N2O. The molecule has 0 aromatic rings. The van der Waals surface area contributed by atoms with Gasteiger partial charge in [0, 0.05) is 11.1 Å². The third-order valence-electron chi connectivity index (χ3n) is 4.84. The maximum absolute atomic E-state index is 11.1. The van der Waals surface area contributed by atoms with Crippen molar-refractivity contribution in [2.24, 2.45) is 17.6 Å². The van der Waals surface area contributed by atoms with Gasteiger partial charge in [0.1, 0.15) is 5.78 Å². The number of rotatable bonds is 3. The first kappa shape index (κ1) is 10.7. The summed E-state index contributed by atoms with van der Waals surface area (Å²) in [4.78, 5) is 11.1. The number of Topliss-reactive ketones (excluding diaryl/α,β-unsaturated/α-hetero) is 1. The quantitative estimate of drug-likeness (QED) is 0.755. The van der Waals surface area contributed by atoms with Crippen molar-refractivity contribution in [2.45, 2.75) is 56.5 Å². The first-order valence-electron chi connectivity index (χ1n) is 6.52. The molecule has 6 fully saturated rings. The van der Waals surface area contributed by atoms with Crippen LogP contribution in [0.2, 0.25) is 0 Å². The fourth-order valence-corrected chi connectivity index (χ4v) is 4.41. The zero-order valence-corrected chi connectivity index (χ0v) is 10.1. The van der Waals surface area contributed by atoms with E-state index in [2.05, 4.69) is 5.32 Å². The van der Waals surface area contributed by atoms with Crippen LogP contribution in [0.1, 0.15) is 45.4 Å². The summed E-state index contributed by atoms with van der Waals surface area (Å²) >= 11 is 0. The molecule has 0 saturated heterocycles. The molecule has 6 rings (SSSR count). The maximum Gasteiger partial charge on any atom is 0.143 e. The van der Waals surface area contributed by atoms with Crippen LogP contribution in [0.15, 0.2) is 0 Å². The van der Waals surface area contributed by atoms with Gasteiger partial charge >= 0.3 is 0 Å². The van der Waals surface area contributed by atoms with Crippen molar-refractivity contribution in [2.75, 3.05) is 6.54 Å². The average Bonchev–Trinajstić information content (AvgIpc) is 2.03. The average molecular weight is 222 g/mol. The summed E-state index contributed by atoms with van der Waals surface area (Å²) in [6.07, 6.45) is 7.38. The smallest absolute Gasteiger partial charge is 0.143 e. The van der Waals surface area contributed by atoms with E-state index in [0.717, 1.165) is 11.8 Å². The molecule has 90 valence electrons. The van der Waals surface area contributed by atoms with Crippen LogP contribution in [-0.2, 0) is 4.79 Å². The molecule has 4 bridgehead atoms. The van der Waals surface area contributed by atoms with Crippen LogP contribution in [0.5, 0.6) is 0 Å². The van der Waals surface area contributed by atoms with Gasteiger partial charge in [0.15, 0.2) is 0 Å². The Balaban J connectivity index is 1.64. The zero-order valence-electron chi connectivity index (χ0n) is 10.1. The molecule has 0 aromatic carbocycles. The van der Waals surface area contributed by atoms with Crippen molar-refractivity contribution < 1.29 is 4.79 Å². The maximum atomic E-state index is 11.1. The van der Waals surface area contributed by atoms with Crippen molar-refractivity contribution in [3.63, 3.8) is 0 Å². The van der Waals surface area contributed by atoms with E-state index in [4.69, 9.17) is 5.73 Å². The summed E-state index contributed by atoms with van der Waals surface area (Å²) in [6.45, 7) is 2.21. The molecular weight excluding hydrogens is 200 g/mol. The molecule has 0 amide bonds. The molecule has 3 heteroatoms. The molecule has 6 aliphatic rings. The van der Waals surface area contributed by atoms with Gasteiger partial charge < -0.3 is 11.1 Å². The predicted octanol–water partition coefficient (Wildman–Crippen LogP) is 1.22. The lowest BCUT2D eigenvalue weighted by Gasteiger charge is -2.60. The molecule has 0 aliphatic heterocycles. The highest BCUT2D eigenvalue weighted by Gasteiger charge is 2.55. The molecule has 6 aliphatic carbocycles. The molecule has 0 heterocycles. The molecule has 0 radical (unpaired) electrons. The number of nitrogens with one attached hydrogen (secondary N) is 1. The van der Waals surface area contributed by atoms with E-state index >= 15 is 0 Å². The van der Waals surface area contributed by atoms with Gasteiger partial charge in [-0.2, -0.15) is 0 Å². The lowest BCUT2D eigenvalue weighted by molar-refractivity contribution is -0.117. The Morgan fingerprint density at radius 2 is 1.69 bits per heavy atom. The van der Waals surface area contributed by atoms with Crippen LogP contribution < -0.4 is 11.1 Å². The Labute approximate surface area is 97.2 Å². The van der Waals surface area contributed by atoms with Crippen molar-refractivity contribution in [3.05, 3.63) is 0 Å². The molecule has 6 saturated carbocycles. The summed E-state index contributed by atoms with van der Waals surface area (Å²) in [5.41, 5.74) is 6.80. The number of hydrogen-bond acceptors (Lipinski definition) is 3. The highest BCUT2D eigenvalue weighted by molar-refractivity contribution is 5.77. The van der Waals surface area contributed by atoms with Crippen LogP contribution in [0, 0.1) is 11.8 Å². The normalized spacial score (nSPS) is 49.6. The van der Waals surface area contributed by atoms with Gasteiger partial charge in [0.2, 0.25) is 0 Å². The van der Waals surface area contributed by atoms with Gasteiger partial charge in [-0.15, -0.1) is 0 Å². The first-order chi connectivity index (χ1) is 7.49. The minimum Gasteiger partial charge on any atom is -0.325 e. The fourth-order valence-electron chi connectivity index (χ4n) is 4.41. The van der Waals surface area contributed by atoms with E-state index in [1.54, 1.807) is 6.92 Å². The third-order valence-corrected chi connectivity index (χ3v) is 4.84. The van der Waals surface area contributed by atoms with Crippen molar-refractivity contribution in [1.82, 2.24) is 5.32 Å². The topological polar surface area (TPSA) is 55.1 Å². The van der Waals surface area contributed by atoms with Crippen LogP contribution in [0.4, 0.5) is 0 Å². The minimum atomic E-state index is 0.183. The van der Waals surface area contributed by atoms with Crippen molar-refractivity contribution >= 4 is 5.78 Å². The second-order valence-electron chi connectivity index (χ2n) is 6.66. The van der Waals surface area contributed by atoms with E-state index in [9.17, 15) is 4.79 Å². The summed E-state index contributed by atoms with van der Waals surface area (Å²) in [5, 5.41) is 3.51. The molecule has 0 spiro atoms. The minimum absolute atomic E-state index is 0.183. The number of hydrogen-bond donors (Lipinski definition) is 2. The predicted molar refractivity (Wildman–Crippen MR) is 63.0 cm³/mol. The van der Waals surface area contributed by atoms with E-state index < -0.39 is 0 Å². The largest absolute Gasteiger partial charge is 0.325 e. The summed E-state index contributed by atoms with van der Waals surface area (Å²) in [7, 11) is 0. The van der Waals surface area contributed by atoms with Gasteiger partial charge in [-0.1, -0.05) is 0 Å². The van der Waals surface area contributed by atoms with Gasteiger partial charge in [-0.3, -0.25) is 4.79 Å². The monoisotopic (exact) mass is 222 g/mol. The van der Waals surface area contributed by atoms with Crippen molar-refractivity contribution in [3.8, 4) is 0 Å². The Bertz CT molecular complexity index is 314. The van der Waals surface area contributed by atoms with Crippen LogP contribution in [-0.4, -0.2) is 23.4 Å². The van der Waals surface area contributed by atoms with Crippen LogP contribution >= 0.6 is 0 Å². The molecule has 0 aromatic heterocycles. The number of ketones is 1. The number of nitrogens with two attached hydrogens (primary N) is 1. The Kier molecular flexibility index (Phi) is 2.21. The van der Waals surface area contributed by atoms with E-state index in [0.29, 0.717) is 12.1 Å². The third kappa shape index (κ3) is 1.70. The zero-order chi connectivity index (χ0) is 11.4. The number of carbonyl (C=O) groups excluding carboxylic acids is 1. The molecule has 3 N–H and O–H groups in total. The molecule has 16 heavy (non-hydrogen) atoms. The van der Waals surface area contributed by atoms with Crippen LogP contribution in [0.3, 0.4) is 0 Å². The van der Waals surface area contributed by atoms with Crippen molar-refractivity contribution in [1.29, 1.82) is 0 Å². The van der Waals surface area contributed by atoms with E-state index in [1.807, 2.05) is 0 Å². The highest BCUT2D eigenvalue weighted by atomic mass is 16.1. The SMILES string of the molecule is CC(=O)CNC12CC3CC(N)(C3)CC(C1)C2. The Hall–Kier alpha value is -0.410. The van der Waals surface area contributed by atoms with Gasteiger partial charge in [-0.05, 0) is 57.3 Å². The second kappa shape index (κ2) is 3.30. The molecule has 0 atom stereocenters. The lowest BCUT2D eigenvalue weighted by atomic mass is 9.50. The van der Waals surface area contributed by atoms with Gasteiger partial charge in [-0.25, -0.2) is 0 Å². The summed E-state index contributed by atoms with van der Waals surface area (Å²) in [5.74, 6) is 1.87. The molecule has 3 nitrogen and oxygen atoms in total. The summed E-state index contributed by atoms with van der Waals surface area (Å²) in [6, 6.07) is 0. The second-order valence-corrected chi connectivity index (χ2v) is 6.66. The standard InChI is InChI=1S/C13H22N2O/c1-9(16)8-15-13-5-10-2-12(14,3-10)4-11(6-13)7-13/h10-11,15H,2-8,14H2,1H3. The fraction of sp³-hybridized carbons (Fsp3) is 0.923. The van der Waals surface area contributed by atoms with E-state index in [-0.39, 0.29) is 11.3 Å². The van der Waals surface area contributed by atoms with E-state index in [1.165, 1.54) is 38.5 Å².